The summed E-state index contributed by atoms with van der Waals surface area (Å²) in [5.74, 6) is -0.254. The first-order chi connectivity index (χ1) is 19.3. The van der Waals surface area contributed by atoms with E-state index >= 15 is 0 Å². The van der Waals surface area contributed by atoms with Crippen LogP contribution in [-0.4, -0.2) is 35.4 Å². The summed E-state index contributed by atoms with van der Waals surface area (Å²) in [6.07, 6.45) is 0.854. The number of hydrogen-bond donors (Lipinski definition) is 2. The van der Waals surface area contributed by atoms with Gasteiger partial charge in [0.15, 0.2) is 0 Å². The summed E-state index contributed by atoms with van der Waals surface area (Å²) in [7, 11) is 0. The molecule has 2 aromatic rings. The minimum Gasteiger partial charge on any atom is -0.507 e. The fraction of sp³-hybridized carbons (Fsp3) is 0.622. The van der Waals surface area contributed by atoms with E-state index in [0.29, 0.717) is 12.8 Å². The van der Waals surface area contributed by atoms with Crippen molar-refractivity contribution in [1.82, 2.24) is 0 Å². The van der Waals surface area contributed by atoms with Gasteiger partial charge in [-0.15, -0.1) is 0 Å². The molecule has 0 aliphatic carbocycles. The Kier molecular flexibility index (Phi) is 10.5. The van der Waals surface area contributed by atoms with E-state index in [2.05, 4.69) is 83.1 Å². The topological polar surface area (TPSA) is 93.1 Å². The molecule has 0 amide bonds. The summed E-state index contributed by atoms with van der Waals surface area (Å²) in [4.78, 5) is 24.3. The Morgan fingerprint density at radius 1 is 0.535 bits per heavy atom. The third-order valence-electron chi connectivity index (χ3n) is 7.89. The van der Waals surface area contributed by atoms with Crippen molar-refractivity contribution in [2.45, 2.75) is 131 Å². The molecule has 6 nitrogen and oxygen atoms in total. The number of ether oxygens (including phenoxy) is 2. The van der Waals surface area contributed by atoms with Gasteiger partial charge in [0.2, 0.25) is 0 Å². The molecule has 0 atom stereocenters. The second-order valence-electron chi connectivity index (χ2n) is 16.5. The van der Waals surface area contributed by atoms with E-state index in [1.165, 1.54) is 13.8 Å². The maximum absolute atomic E-state index is 12.2. The SMILES string of the molecule is CC(=O)OCC(COC(C)=O)(Cc1cc(C(C)(C)C)c(O)c(C(C)(C)C)c1)Cc1cc(C(C)(C)C)c(O)c(C(C)(C)C)c1. The molecule has 0 unspecified atom stereocenters. The van der Waals surface area contributed by atoms with Gasteiger partial charge in [0, 0.05) is 19.3 Å². The monoisotopic (exact) mass is 596 g/mol. The molecule has 2 aromatic carbocycles. The molecule has 0 bridgehead atoms. The lowest BCUT2D eigenvalue weighted by molar-refractivity contribution is -0.151. The van der Waals surface area contributed by atoms with E-state index in [-0.39, 0.29) is 46.4 Å². The van der Waals surface area contributed by atoms with Crippen LogP contribution in [0.2, 0.25) is 0 Å². The summed E-state index contributed by atoms with van der Waals surface area (Å²) < 4.78 is 11.4. The molecule has 6 heteroatoms. The predicted molar refractivity (Wildman–Crippen MR) is 174 cm³/mol. The van der Waals surface area contributed by atoms with E-state index in [1.807, 2.05) is 24.3 Å². The Balaban J connectivity index is 2.90. The Morgan fingerprint density at radius 3 is 0.953 bits per heavy atom. The summed E-state index contributed by atoms with van der Waals surface area (Å²) in [5, 5.41) is 22.7. The quantitative estimate of drug-likeness (QED) is 0.299. The van der Waals surface area contributed by atoms with Gasteiger partial charge in [-0.25, -0.2) is 0 Å². The number of aromatic hydroxyl groups is 2. The molecule has 0 radical (unpaired) electrons. The van der Waals surface area contributed by atoms with Gasteiger partial charge in [0.1, 0.15) is 24.7 Å². The first-order valence-corrected chi connectivity index (χ1v) is 15.3. The van der Waals surface area contributed by atoms with Crippen LogP contribution in [0.25, 0.3) is 0 Å². The molecule has 0 heterocycles. The minimum atomic E-state index is -0.820. The fourth-order valence-corrected chi connectivity index (χ4v) is 5.56. The van der Waals surface area contributed by atoms with Crippen molar-refractivity contribution in [2.75, 3.05) is 13.2 Å². The summed E-state index contributed by atoms with van der Waals surface area (Å²) in [5.41, 5.74) is 3.12. The molecule has 0 fully saturated rings. The number of rotatable bonds is 8. The number of hydrogen-bond acceptors (Lipinski definition) is 6. The number of carbonyl (C=O) groups is 2. The van der Waals surface area contributed by atoms with Gasteiger partial charge < -0.3 is 19.7 Å². The zero-order valence-electron chi connectivity index (χ0n) is 29.2. The van der Waals surface area contributed by atoms with E-state index in [4.69, 9.17) is 9.47 Å². The third kappa shape index (κ3) is 9.48. The van der Waals surface area contributed by atoms with E-state index in [9.17, 15) is 19.8 Å². The number of phenolic OH excluding ortho intramolecular Hbond substituents is 2. The third-order valence-corrected chi connectivity index (χ3v) is 7.89. The van der Waals surface area contributed by atoms with Gasteiger partial charge in [0.05, 0.1) is 0 Å². The molecule has 0 saturated carbocycles. The van der Waals surface area contributed by atoms with Crippen molar-refractivity contribution >= 4 is 11.9 Å². The van der Waals surface area contributed by atoms with Gasteiger partial charge in [0.25, 0.3) is 0 Å². The largest absolute Gasteiger partial charge is 0.507 e. The number of esters is 2. The van der Waals surface area contributed by atoms with Crippen LogP contribution in [0, 0.1) is 5.41 Å². The molecule has 0 spiro atoms. The Morgan fingerprint density at radius 2 is 0.767 bits per heavy atom. The van der Waals surface area contributed by atoms with Crippen molar-refractivity contribution in [3.63, 3.8) is 0 Å². The average Bonchev–Trinajstić information content (AvgIpc) is 2.80. The normalized spacial score (nSPS) is 13.2. The van der Waals surface area contributed by atoms with E-state index in [1.54, 1.807) is 0 Å². The number of benzene rings is 2. The highest BCUT2D eigenvalue weighted by Gasteiger charge is 2.37. The lowest BCUT2D eigenvalue weighted by atomic mass is 9.72. The van der Waals surface area contributed by atoms with Crippen LogP contribution in [0.1, 0.15) is 130 Å². The molecule has 0 saturated heterocycles. The molecule has 0 aliphatic heterocycles. The zero-order valence-corrected chi connectivity index (χ0v) is 29.2. The second kappa shape index (κ2) is 12.5. The van der Waals surface area contributed by atoms with Crippen molar-refractivity contribution in [2.24, 2.45) is 5.41 Å². The van der Waals surface area contributed by atoms with Crippen LogP contribution in [-0.2, 0) is 53.6 Å². The molecule has 2 N–H and O–H groups in total. The first kappa shape index (κ1) is 36.2. The summed E-state index contributed by atoms with van der Waals surface area (Å²) in [6.45, 7) is 27.7. The molecular weight excluding hydrogens is 540 g/mol. The summed E-state index contributed by atoms with van der Waals surface area (Å²) >= 11 is 0. The standard InChI is InChI=1S/C37H56O6/c1-23(38)42-21-37(22-43-24(2)39,19-25-15-27(33(3,4)5)31(40)28(16-25)34(6,7)8)20-26-17-29(35(9,10)11)32(41)30(18-26)36(12,13)14/h15-18,40-41H,19-22H2,1-14H3. The van der Waals surface area contributed by atoms with Crippen molar-refractivity contribution in [3.8, 4) is 11.5 Å². The van der Waals surface area contributed by atoms with Crippen LogP contribution in [0.3, 0.4) is 0 Å². The molecule has 0 aliphatic rings. The van der Waals surface area contributed by atoms with Crippen LogP contribution in [0.15, 0.2) is 24.3 Å². The van der Waals surface area contributed by atoms with Gasteiger partial charge in [-0.05, 0) is 67.9 Å². The highest BCUT2D eigenvalue weighted by Crippen LogP contribution is 2.44. The average molecular weight is 597 g/mol. The molecular formula is C37H56O6. The van der Waals surface area contributed by atoms with E-state index in [0.717, 1.165) is 33.4 Å². The van der Waals surface area contributed by atoms with Gasteiger partial charge in [-0.1, -0.05) is 107 Å². The first-order valence-electron chi connectivity index (χ1n) is 15.3. The number of carbonyl (C=O) groups excluding carboxylic acids is 2. The lowest BCUT2D eigenvalue weighted by Gasteiger charge is -2.36. The predicted octanol–water partition coefficient (Wildman–Crippen LogP) is 8.19. The van der Waals surface area contributed by atoms with Crippen molar-refractivity contribution in [1.29, 1.82) is 0 Å². The minimum absolute atomic E-state index is 0.0305. The second-order valence-corrected chi connectivity index (χ2v) is 16.5. The summed E-state index contributed by atoms with van der Waals surface area (Å²) in [6, 6.07) is 8.11. The van der Waals surface area contributed by atoms with Crippen molar-refractivity contribution in [3.05, 3.63) is 57.6 Å². The maximum Gasteiger partial charge on any atom is 0.302 e. The highest BCUT2D eigenvalue weighted by atomic mass is 16.5. The van der Waals surface area contributed by atoms with Crippen LogP contribution in [0.5, 0.6) is 11.5 Å². The van der Waals surface area contributed by atoms with Gasteiger partial charge in [-0.3, -0.25) is 9.59 Å². The molecule has 43 heavy (non-hydrogen) atoms. The Bertz CT molecular complexity index is 1150. The molecule has 2 rings (SSSR count). The number of phenols is 2. The van der Waals surface area contributed by atoms with Gasteiger partial charge in [-0.2, -0.15) is 0 Å². The molecule has 240 valence electrons. The van der Waals surface area contributed by atoms with Crippen LogP contribution >= 0.6 is 0 Å². The highest BCUT2D eigenvalue weighted by molar-refractivity contribution is 5.66. The maximum atomic E-state index is 12.2. The Labute approximate surface area is 260 Å². The Hall–Kier alpha value is -3.02. The molecule has 0 aromatic heterocycles. The van der Waals surface area contributed by atoms with Crippen LogP contribution in [0.4, 0.5) is 0 Å². The van der Waals surface area contributed by atoms with E-state index < -0.39 is 17.4 Å². The lowest BCUT2D eigenvalue weighted by Crippen LogP contribution is -2.39. The smallest absolute Gasteiger partial charge is 0.302 e. The van der Waals surface area contributed by atoms with Crippen molar-refractivity contribution < 1.29 is 29.3 Å². The zero-order chi connectivity index (χ0) is 33.3. The fourth-order valence-electron chi connectivity index (χ4n) is 5.56. The van der Waals surface area contributed by atoms with Crippen LogP contribution < -0.4 is 0 Å². The van der Waals surface area contributed by atoms with Gasteiger partial charge >= 0.3 is 11.9 Å².